The monoisotopic (exact) mass is 535 g/mol. The summed E-state index contributed by atoms with van der Waals surface area (Å²) >= 11 is 0. The number of anilines is 4. The maximum absolute atomic E-state index is 13.7. The fourth-order valence-corrected chi connectivity index (χ4v) is 6.53. The highest BCUT2D eigenvalue weighted by molar-refractivity contribution is 7.92. The number of hydrogen-bond donors (Lipinski definition) is 2. The van der Waals surface area contributed by atoms with Gasteiger partial charge in [0.1, 0.15) is 0 Å². The lowest BCUT2D eigenvalue weighted by molar-refractivity contribution is 0.122. The van der Waals surface area contributed by atoms with Gasteiger partial charge in [-0.15, -0.1) is 0 Å². The third-order valence-electron chi connectivity index (χ3n) is 7.02. The lowest BCUT2D eigenvalue weighted by Gasteiger charge is -2.28. The van der Waals surface area contributed by atoms with E-state index in [1.54, 1.807) is 12.1 Å². The number of rotatable bonds is 9. The molecule has 0 unspecified atom stereocenters. The minimum Gasteiger partial charge on any atom is -0.378 e. The van der Waals surface area contributed by atoms with Crippen LogP contribution in [0.4, 0.5) is 22.7 Å². The van der Waals surface area contributed by atoms with Crippen molar-refractivity contribution < 1.29 is 13.2 Å². The number of morpholine rings is 1. The third kappa shape index (κ3) is 6.51. The standard InChI is InChI=1S/C31H41N3O3S/c1-21(2)24-19-29(22(3)4)31(30(20-24)23(5)6)38(35,36)33-27-9-7-25(8-10-27)32-26-11-13-28(14-12-26)34-15-17-37-18-16-34/h7-14,19-23,32-33H,15-18H2,1-6H3. The van der Waals surface area contributed by atoms with E-state index >= 15 is 0 Å². The summed E-state index contributed by atoms with van der Waals surface area (Å²) in [6.07, 6.45) is 0. The van der Waals surface area contributed by atoms with Gasteiger partial charge < -0.3 is 15.0 Å². The van der Waals surface area contributed by atoms with Crippen molar-refractivity contribution in [2.75, 3.05) is 41.2 Å². The van der Waals surface area contributed by atoms with Gasteiger partial charge in [-0.3, -0.25) is 4.72 Å². The lowest BCUT2D eigenvalue weighted by Crippen LogP contribution is -2.36. The maximum Gasteiger partial charge on any atom is 0.262 e. The maximum atomic E-state index is 13.7. The van der Waals surface area contributed by atoms with Crippen molar-refractivity contribution in [2.24, 2.45) is 0 Å². The Morgan fingerprint density at radius 3 is 1.66 bits per heavy atom. The molecule has 1 aliphatic heterocycles. The van der Waals surface area contributed by atoms with E-state index in [4.69, 9.17) is 4.74 Å². The zero-order chi connectivity index (χ0) is 27.4. The molecule has 0 saturated carbocycles. The van der Waals surface area contributed by atoms with Gasteiger partial charge in [-0.05, 0) is 83.0 Å². The second-order valence-corrected chi connectivity index (χ2v) is 12.6. The van der Waals surface area contributed by atoms with Crippen LogP contribution in [-0.2, 0) is 14.8 Å². The first-order chi connectivity index (χ1) is 18.0. The second-order valence-electron chi connectivity index (χ2n) is 10.9. The second kappa shape index (κ2) is 11.8. The summed E-state index contributed by atoms with van der Waals surface area (Å²) in [6, 6.07) is 19.8. The van der Waals surface area contributed by atoms with Crippen LogP contribution in [-0.4, -0.2) is 34.7 Å². The Bertz CT molecular complexity index is 1300. The molecule has 6 nitrogen and oxygen atoms in total. The van der Waals surface area contributed by atoms with E-state index < -0.39 is 10.0 Å². The quantitative estimate of drug-likeness (QED) is 0.298. The van der Waals surface area contributed by atoms with E-state index in [1.165, 1.54) is 11.3 Å². The lowest BCUT2D eigenvalue weighted by atomic mass is 9.89. The van der Waals surface area contributed by atoms with Crippen molar-refractivity contribution in [2.45, 2.75) is 64.2 Å². The first kappa shape index (κ1) is 28.0. The first-order valence-corrected chi connectivity index (χ1v) is 15.0. The highest BCUT2D eigenvalue weighted by Gasteiger charge is 2.27. The van der Waals surface area contributed by atoms with Crippen LogP contribution < -0.4 is 14.9 Å². The molecule has 0 spiro atoms. The smallest absolute Gasteiger partial charge is 0.262 e. The minimum absolute atomic E-state index is 0.0824. The molecule has 0 aromatic heterocycles. The molecule has 7 heteroatoms. The molecular formula is C31H41N3O3S. The molecule has 1 heterocycles. The van der Waals surface area contributed by atoms with Gasteiger partial charge in [0.2, 0.25) is 0 Å². The van der Waals surface area contributed by atoms with Gasteiger partial charge in [-0.1, -0.05) is 53.7 Å². The zero-order valence-electron chi connectivity index (χ0n) is 23.4. The average molecular weight is 536 g/mol. The fraction of sp³-hybridized carbons (Fsp3) is 0.419. The molecule has 2 N–H and O–H groups in total. The Hall–Kier alpha value is -3.03. The van der Waals surface area contributed by atoms with E-state index in [-0.39, 0.29) is 11.8 Å². The minimum atomic E-state index is -3.78. The van der Waals surface area contributed by atoms with Gasteiger partial charge in [0.25, 0.3) is 10.0 Å². The summed E-state index contributed by atoms with van der Waals surface area (Å²) < 4.78 is 35.7. The molecule has 0 amide bonds. The van der Waals surface area contributed by atoms with Crippen LogP contribution in [0.25, 0.3) is 0 Å². The Kier molecular flexibility index (Phi) is 8.68. The SMILES string of the molecule is CC(C)c1cc(C(C)C)c(S(=O)(=O)Nc2ccc(Nc3ccc(N4CCOCC4)cc3)cc2)c(C(C)C)c1. The van der Waals surface area contributed by atoms with Crippen LogP contribution in [0.5, 0.6) is 0 Å². The van der Waals surface area contributed by atoms with Crippen molar-refractivity contribution in [3.8, 4) is 0 Å². The highest BCUT2D eigenvalue weighted by atomic mass is 32.2. The van der Waals surface area contributed by atoms with Gasteiger partial charge in [-0.25, -0.2) is 8.42 Å². The van der Waals surface area contributed by atoms with Crippen molar-refractivity contribution in [1.29, 1.82) is 0 Å². The van der Waals surface area contributed by atoms with Crippen molar-refractivity contribution >= 4 is 32.8 Å². The predicted octanol–water partition coefficient (Wildman–Crippen LogP) is 7.44. The predicted molar refractivity (Wildman–Crippen MR) is 159 cm³/mol. The molecular weight excluding hydrogens is 494 g/mol. The summed E-state index contributed by atoms with van der Waals surface area (Å²) in [6.45, 7) is 15.8. The average Bonchev–Trinajstić information content (AvgIpc) is 2.89. The van der Waals surface area contributed by atoms with Gasteiger partial charge in [0.15, 0.2) is 0 Å². The molecule has 0 radical (unpaired) electrons. The van der Waals surface area contributed by atoms with E-state index in [1.807, 2.05) is 12.1 Å². The van der Waals surface area contributed by atoms with Crippen molar-refractivity contribution in [3.05, 3.63) is 77.4 Å². The van der Waals surface area contributed by atoms with Crippen LogP contribution in [0.1, 0.15) is 76.0 Å². The fourth-order valence-electron chi connectivity index (χ4n) is 4.77. The number of sulfonamides is 1. The van der Waals surface area contributed by atoms with Crippen LogP contribution >= 0.6 is 0 Å². The van der Waals surface area contributed by atoms with E-state index in [0.717, 1.165) is 48.8 Å². The molecule has 3 aromatic carbocycles. The summed E-state index contributed by atoms with van der Waals surface area (Å²) in [7, 11) is -3.78. The molecule has 204 valence electrons. The van der Waals surface area contributed by atoms with Crippen LogP contribution in [0.2, 0.25) is 0 Å². The van der Waals surface area contributed by atoms with Crippen molar-refractivity contribution in [1.82, 2.24) is 0 Å². The topological polar surface area (TPSA) is 70.7 Å². The first-order valence-electron chi connectivity index (χ1n) is 13.6. The number of nitrogens with zero attached hydrogens (tertiary/aromatic N) is 1. The molecule has 3 aromatic rings. The molecule has 0 atom stereocenters. The number of nitrogens with one attached hydrogen (secondary N) is 2. The van der Waals surface area contributed by atoms with E-state index in [9.17, 15) is 8.42 Å². The van der Waals surface area contributed by atoms with Gasteiger partial charge in [-0.2, -0.15) is 0 Å². The molecule has 1 saturated heterocycles. The molecule has 38 heavy (non-hydrogen) atoms. The van der Waals surface area contributed by atoms with Gasteiger partial charge in [0.05, 0.1) is 18.1 Å². The Balaban J connectivity index is 1.52. The van der Waals surface area contributed by atoms with E-state index in [0.29, 0.717) is 16.5 Å². The Morgan fingerprint density at radius 2 is 1.18 bits per heavy atom. The van der Waals surface area contributed by atoms with Crippen LogP contribution in [0.15, 0.2) is 65.6 Å². The van der Waals surface area contributed by atoms with E-state index in [2.05, 4.69) is 92.9 Å². The van der Waals surface area contributed by atoms with Gasteiger partial charge >= 0.3 is 0 Å². The van der Waals surface area contributed by atoms with Crippen molar-refractivity contribution in [3.63, 3.8) is 0 Å². The summed E-state index contributed by atoms with van der Waals surface area (Å²) in [4.78, 5) is 2.73. The molecule has 1 fully saturated rings. The number of benzene rings is 3. The van der Waals surface area contributed by atoms with Crippen LogP contribution in [0, 0.1) is 0 Å². The van der Waals surface area contributed by atoms with Crippen LogP contribution in [0.3, 0.4) is 0 Å². The zero-order valence-corrected chi connectivity index (χ0v) is 24.2. The summed E-state index contributed by atoms with van der Waals surface area (Å²) in [5, 5.41) is 3.40. The summed E-state index contributed by atoms with van der Waals surface area (Å²) in [5.41, 5.74) is 6.49. The molecule has 0 aliphatic carbocycles. The Labute approximate surface area is 228 Å². The Morgan fingerprint density at radius 1 is 0.711 bits per heavy atom. The van der Waals surface area contributed by atoms with Gasteiger partial charge in [0, 0.05) is 35.8 Å². The largest absolute Gasteiger partial charge is 0.378 e. The third-order valence-corrected chi connectivity index (χ3v) is 8.53. The highest BCUT2D eigenvalue weighted by Crippen LogP contribution is 2.36. The number of hydrogen-bond acceptors (Lipinski definition) is 5. The normalized spacial score (nSPS) is 14.4. The molecule has 1 aliphatic rings. The summed E-state index contributed by atoms with van der Waals surface area (Å²) in [5.74, 6) is 0.489. The number of ether oxygens (including phenoxy) is 1. The molecule has 0 bridgehead atoms. The molecule has 4 rings (SSSR count).